The van der Waals surface area contributed by atoms with Crippen molar-refractivity contribution in [3.8, 4) is 17.2 Å². The Balaban J connectivity index is 1.75. The van der Waals surface area contributed by atoms with Crippen LogP contribution in [0.5, 0.6) is 5.75 Å². The van der Waals surface area contributed by atoms with Crippen LogP contribution >= 0.6 is 0 Å². The van der Waals surface area contributed by atoms with Crippen LogP contribution in [0, 0.1) is 0 Å². The predicted molar refractivity (Wildman–Crippen MR) is 85.8 cm³/mol. The van der Waals surface area contributed by atoms with Crippen molar-refractivity contribution in [3.63, 3.8) is 0 Å². The molecular formula is C17H18F2N4O2. The van der Waals surface area contributed by atoms with Crippen molar-refractivity contribution in [1.29, 1.82) is 0 Å². The van der Waals surface area contributed by atoms with Gasteiger partial charge in [-0.15, -0.1) is 0 Å². The van der Waals surface area contributed by atoms with Gasteiger partial charge in [-0.25, -0.2) is 13.3 Å². The second kappa shape index (κ2) is 5.50. The van der Waals surface area contributed by atoms with Crippen molar-refractivity contribution in [2.24, 2.45) is 0 Å². The van der Waals surface area contributed by atoms with Gasteiger partial charge in [0.2, 0.25) is 5.92 Å². The monoisotopic (exact) mass is 348 g/mol. The molecule has 0 N–H and O–H groups in total. The van der Waals surface area contributed by atoms with Gasteiger partial charge in [0.15, 0.2) is 5.82 Å². The first-order chi connectivity index (χ1) is 11.9. The van der Waals surface area contributed by atoms with E-state index in [-0.39, 0.29) is 18.7 Å². The van der Waals surface area contributed by atoms with Crippen LogP contribution in [-0.2, 0) is 5.41 Å². The molecule has 132 valence electrons. The first-order valence-electron chi connectivity index (χ1n) is 8.15. The van der Waals surface area contributed by atoms with E-state index in [2.05, 4.69) is 15.2 Å². The van der Waals surface area contributed by atoms with E-state index in [4.69, 9.17) is 9.26 Å². The summed E-state index contributed by atoms with van der Waals surface area (Å²) in [7, 11) is 1.57. The molecule has 3 heterocycles. The minimum atomic E-state index is -2.69. The number of aromatic nitrogens is 4. The second-order valence-electron chi connectivity index (χ2n) is 6.80. The highest BCUT2D eigenvalue weighted by Gasteiger charge is 2.46. The number of methoxy groups -OCH3 is 1. The molecule has 0 aromatic carbocycles. The third-order valence-corrected chi connectivity index (χ3v) is 4.84. The highest BCUT2D eigenvalue weighted by atomic mass is 19.3. The number of fused-ring (bicyclic) bond motifs is 1. The van der Waals surface area contributed by atoms with Gasteiger partial charge in [0.25, 0.3) is 5.89 Å². The molecule has 0 bridgehead atoms. The molecule has 0 saturated heterocycles. The van der Waals surface area contributed by atoms with Crippen molar-refractivity contribution in [3.05, 3.63) is 30.4 Å². The van der Waals surface area contributed by atoms with E-state index in [0.29, 0.717) is 35.5 Å². The standard InChI is InChI=1S/C17H18F2N4O2/c1-16(6-4-7-17(18,19)10-16)15-21-14(25-22-15)11-9-20-23-8-3-5-12(24-2)13(11)23/h3,5,8-9H,4,6-7,10H2,1-2H3. The highest BCUT2D eigenvalue weighted by molar-refractivity contribution is 5.80. The molecule has 0 aliphatic heterocycles. The number of hydrogen-bond donors (Lipinski definition) is 0. The van der Waals surface area contributed by atoms with Crippen LogP contribution in [0.1, 0.15) is 38.4 Å². The topological polar surface area (TPSA) is 65.5 Å². The normalized spacial score (nSPS) is 23.0. The summed E-state index contributed by atoms with van der Waals surface area (Å²) in [6.45, 7) is 1.77. The number of halogens is 2. The summed E-state index contributed by atoms with van der Waals surface area (Å²) in [6.07, 6.45) is 4.09. The number of ether oxygens (including phenoxy) is 1. The molecule has 3 aromatic heterocycles. The molecule has 1 fully saturated rings. The molecule has 25 heavy (non-hydrogen) atoms. The van der Waals surface area contributed by atoms with Gasteiger partial charge in [0.1, 0.15) is 11.3 Å². The summed E-state index contributed by atoms with van der Waals surface area (Å²) in [4.78, 5) is 4.42. The Hall–Kier alpha value is -2.51. The van der Waals surface area contributed by atoms with Crippen molar-refractivity contribution < 1.29 is 18.0 Å². The SMILES string of the molecule is COc1cccn2ncc(-c3nc(C4(C)CCCC(F)(F)C4)no3)c12. The van der Waals surface area contributed by atoms with Gasteiger partial charge in [0.05, 0.1) is 18.9 Å². The number of hydrogen-bond acceptors (Lipinski definition) is 5. The Morgan fingerprint density at radius 3 is 2.92 bits per heavy atom. The van der Waals surface area contributed by atoms with E-state index in [0.717, 1.165) is 0 Å². The van der Waals surface area contributed by atoms with Crippen molar-refractivity contribution in [2.45, 2.75) is 43.9 Å². The molecule has 4 rings (SSSR count). The summed E-state index contributed by atoms with van der Waals surface area (Å²) < 4.78 is 40.1. The first-order valence-corrected chi connectivity index (χ1v) is 8.15. The fraction of sp³-hybridized carbons (Fsp3) is 0.471. The lowest BCUT2D eigenvalue weighted by Crippen LogP contribution is -2.37. The number of pyridine rings is 1. The van der Waals surface area contributed by atoms with E-state index in [1.165, 1.54) is 0 Å². The molecule has 1 aliphatic rings. The molecule has 6 nitrogen and oxygen atoms in total. The quantitative estimate of drug-likeness (QED) is 0.719. The highest BCUT2D eigenvalue weighted by Crippen LogP contribution is 2.45. The van der Waals surface area contributed by atoms with Gasteiger partial charge in [-0.1, -0.05) is 12.1 Å². The summed E-state index contributed by atoms with van der Waals surface area (Å²) in [6, 6.07) is 3.62. The zero-order valence-electron chi connectivity index (χ0n) is 14.0. The molecule has 0 radical (unpaired) electrons. The summed E-state index contributed by atoms with van der Waals surface area (Å²) in [5.74, 6) is -1.51. The minimum Gasteiger partial charge on any atom is -0.494 e. The van der Waals surface area contributed by atoms with Gasteiger partial charge >= 0.3 is 0 Å². The van der Waals surface area contributed by atoms with Crippen LogP contribution in [0.15, 0.2) is 29.0 Å². The molecule has 0 spiro atoms. The average molecular weight is 348 g/mol. The second-order valence-corrected chi connectivity index (χ2v) is 6.80. The molecule has 1 saturated carbocycles. The maximum atomic E-state index is 13.9. The lowest BCUT2D eigenvalue weighted by atomic mass is 9.73. The zero-order valence-corrected chi connectivity index (χ0v) is 14.0. The average Bonchev–Trinajstić information content (AvgIpc) is 3.20. The van der Waals surface area contributed by atoms with Crippen LogP contribution < -0.4 is 4.74 Å². The molecule has 8 heteroatoms. The Kier molecular flexibility index (Phi) is 3.52. The molecule has 3 aromatic rings. The zero-order chi connectivity index (χ0) is 17.7. The summed E-state index contributed by atoms with van der Waals surface area (Å²) in [5, 5.41) is 8.25. The smallest absolute Gasteiger partial charge is 0.261 e. The van der Waals surface area contributed by atoms with Crippen molar-refractivity contribution in [1.82, 2.24) is 19.8 Å². The lowest BCUT2D eigenvalue weighted by molar-refractivity contribution is -0.0600. The number of rotatable bonds is 3. The Morgan fingerprint density at radius 1 is 1.32 bits per heavy atom. The maximum Gasteiger partial charge on any atom is 0.261 e. The molecule has 1 unspecified atom stereocenters. The van der Waals surface area contributed by atoms with Gasteiger partial charge in [-0.05, 0) is 25.0 Å². The molecular weight excluding hydrogens is 330 g/mol. The summed E-state index contributed by atoms with van der Waals surface area (Å²) in [5.41, 5.74) is 0.512. The van der Waals surface area contributed by atoms with Gasteiger partial charge in [0, 0.05) is 24.5 Å². The van der Waals surface area contributed by atoms with Crippen molar-refractivity contribution >= 4 is 5.52 Å². The Bertz CT molecular complexity index is 920. The molecule has 1 aliphatic carbocycles. The van der Waals surface area contributed by atoms with Gasteiger partial charge in [-0.3, -0.25) is 0 Å². The van der Waals surface area contributed by atoms with Crippen LogP contribution in [0.4, 0.5) is 8.78 Å². The third kappa shape index (κ3) is 2.65. The number of alkyl halides is 2. The third-order valence-electron chi connectivity index (χ3n) is 4.84. The Labute approximate surface area is 142 Å². The van der Waals surface area contributed by atoms with Crippen LogP contribution in [0.2, 0.25) is 0 Å². The van der Waals surface area contributed by atoms with E-state index in [9.17, 15) is 8.78 Å². The maximum absolute atomic E-state index is 13.9. The van der Waals surface area contributed by atoms with E-state index in [1.54, 1.807) is 37.0 Å². The molecule has 0 amide bonds. The van der Waals surface area contributed by atoms with E-state index < -0.39 is 11.3 Å². The first kappa shape index (κ1) is 16.0. The molecule has 1 atom stereocenters. The predicted octanol–water partition coefficient (Wildman–Crippen LogP) is 3.86. The Morgan fingerprint density at radius 2 is 2.16 bits per heavy atom. The lowest BCUT2D eigenvalue weighted by Gasteiger charge is -2.35. The largest absolute Gasteiger partial charge is 0.494 e. The van der Waals surface area contributed by atoms with E-state index in [1.807, 2.05) is 6.07 Å². The van der Waals surface area contributed by atoms with Crippen LogP contribution in [-0.4, -0.2) is 32.8 Å². The minimum absolute atomic E-state index is 0.0848. The fourth-order valence-electron chi connectivity index (χ4n) is 3.59. The van der Waals surface area contributed by atoms with Gasteiger partial charge in [-0.2, -0.15) is 10.1 Å². The van der Waals surface area contributed by atoms with E-state index >= 15 is 0 Å². The fourth-order valence-corrected chi connectivity index (χ4v) is 3.59. The van der Waals surface area contributed by atoms with Crippen molar-refractivity contribution in [2.75, 3.05) is 7.11 Å². The number of nitrogens with zero attached hydrogens (tertiary/aromatic N) is 4. The summed E-state index contributed by atoms with van der Waals surface area (Å²) >= 11 is 0. The van der Waals surface area contributed by atoms with Crippen LogP contribution in [0.25, 0.3) is 17.0 Å². The van der Waals surface area contributed by atoms with Crippen LogP contribution in [0.3, 0.4) is 0 Å². The van der Waals surface area contributed by atoms with Gasteiger partial charge < -0.3 is 9.26 Å².